The van der Waals surface area contributed by atoms with Gasteiger partial charge in [0.05, 0.1) is 6.61 Å². The number of piperidine rings is 1. The molecule has 1 aliphatic heterocycles. The number of unbranched alkanes of at least 4 members (excludes halogenated alkanes) is 3. The Morgan fingerprint density at radius 1 is 1.10 bits per heavy atom. The van der Waals surface area contributed by atoms with Crippen molar-refractivity contribution in [2.75, 3.05) is 33.4 Å². The van der Waals surface area contributed by atoms with Gasteiger partial charge < -0.3 is 9.64 Å². The molecule has 2 heteroatoms. The number of hydrogen-bond acceptors (Lipinski definition) is 2. The molecule has 2 aliphatic rings. The number of ether oxygens (including phenoxy) is 1. The summed E-state index contributed by atoms with van der Waals surface area (Å²) in [6, 6.07) is 11.0. The second-order valence-electron chi connectivity index (χ2n) is 6.87. The number of benzene rings is 1. The van der Waals surface area contributed by atoms with E-state index in [4.69, 9.17) is 4.74 Å². The van der Waals surface area contributed by atoms with Gasteiger partial charge in [0.1, 0.15) is 0 Å². The molecule has 0 amide bonds. The van der Waals surface area contributed by atoms with Gasteiger partial charge in [0.25, 0.3) is 0 Å². The van der Waals surface area contributed by atoms with Crippen molar-refractivity contribution < 1.29 is 4.74 Å². The third kappa shape index (κ3) is 2.76. The van der Waals surface area contributed by atoms with Crippen LogP contribution in [0.15, 0.2) is 30.3 Å². The second-order valence-corrected chi connectivity index (χ2v) is 6.87. The van der Waals surface area contributed by atoms with Crippen molar-refractivity contribution in [2.24, 2.45) is 11.8 Å². The number of fused-ring (bicyclic) bond motifs is 1. The van der Waals surface area contributed by atoms with E-state index in [-0.39, 0.29) is 0 Å². The van der Waals surface area contributed by atoms with E-state index < -0.39 is 0 Å². The third-order valence-corrected chi connectivity index (χ3v) is 5.63. The molecule has 0 N–H and O–H groups in total. The molecule has 2 nitrogen and oxygen atoms in total. The standard InChI is InChI=1S/C19H29NO/c1-3-4-5-9-12-20-13-17-18(14-20)19(17,15-21-2)16-10-7-6-8-11-16/h6-8,10-11,17-18H,3-5,9,12-15H2,1-2H3. The highest BCUT2D eigenvalue weighted by atomic mass is 16.5. The lowest BCUT2D eigenvalue weighted by Crippen LogP contribution is -2.33. The quantitative estimate of drug-likeness (QED) is 0.676. The van der Waals surface area contributed by atoms with Crippen molar-refractivity contribution in [1.82, 2.24) is 4.90 Å². The first-order valence-corrected chi connectivity index (χ1v) is 8.59. The SMILES string of the molecule is CCCCCCN1CC2C(C1)C2(COC)c1ccccc1. The minimum absolute atomic E-state index is 0.315. The van der Waals surface area contributed by atoms with E-state index in [0.29, 0.717) is 5.41 Å². The molecule has 0 spiro atoms. The monoisotopic (exact) mass is 287 g/mol. The summed E-state index contributed by atoms with van der Waals surface area (Å²) in [4.78, 5) is 2.68. The molecule has 1 saturated heterocycles. The fourth-order valence-electron chi connectivity index (χ4n) is 4.47. The molecule has 0 bridgehead atoms. The fraction of sp³-hybridized carbons (Fsp3) is 0.684. The van der Waals surface area contributed by atoms with Gasteiger partial charge in [-0.15, -0.1) is 0 Å². The molecule has 1 aromatic rings. The van der Waals surface area contributed by atoms with Gasteiger partial charge in [-0.1, -0.05) is 56.5 Å². The number of methoxy groups -OCH3 is 1. The van der Waals surface area contributed by atoms with Crippen molar-refractivity contribution in [3.05, 3.63) is 35.9 Å². The van der Waals surface area contributed by atoms with Crippen LogP contribution in [0.3, 0.4) is 0 Å². The Bertz CT molecular complexity index is 432. The maximum Gasteiger partial charge on any atom is 0.0565 e. The van der Waals surface area contributed by atoms with Crippen molar-refractivity contribution in [2.45, 2.75) is 38.0 Å². The van der Waals surface area contributed by atoms with E-state index in [1.807, 2.05) is 7.11 Å². The van der Waals surface area contributed by atoms with E-state index in [9.17, 15) is 0 Å². The molecule has 3 rings (SSSR count). The molecule has 0 aromatic heterocycles. The summed E-state index contributed by atoms with van der Waals surface area (Å²) in [5.41, 5.74) is 1.81. The number of hydrogen-bond donors (Lipinski definition) is 0. The normalized spacial score (nSPS) is 31.3. The molecule has 1 saturated carbocycles. The average molecular weight is 287 g/mol. The Morgan fingerprint density at radius 2 is 1.81 bits per heavy atom. The maximum atomic E-state index is 5.59. The van der Waals surface area contributed by atoms with Crippen LogP contribution in [-0.4, -0.2) is 38.3 Å². The molecule has 1 aromatic carbocycles. The van der Waals surface area contributed by atoms with Gasteiger partial charge in [-0.2, -0.15) is 0 Å². The van der Waals surface area contributed by atoms with Gasteiger partial charge in [0.15, 0.2) is 0 Å². The van der Waals surface area contributed by atoms with Crippen LogP contribution in [0.2, 0.25) is 0 Å². The molecule has 116 valence electrons. The second kappa shape index (κ2) is 6.50. The van der Waals surface area contributed by atoms with Gasteiger partial charge in [-0.3, -0.25) is 0 Å². The van der Waals surface area contributed by atoms with Crippen LogP contribution in [0.4, 0.5) is 0 Å². The van der Waals surface area contributed by atoms with Crippen LogP contribution in [0.5, 0.6) is 0 Å². The van der Waals surface area contributed by atoms with Crippen LogP contribution in [0.1, 0.15) is 38.2 Å². The molecule has 2 fully saturated rings. The van der Waals surface area contributed by atoms with Crippen LogP contribution < -0.4 is 0 Å². The predicted octanol–water partition coefficient (Wildman–Crippen LogP) is 3.71. The third-order valence-electron chi connectivity index (χ3n) is 5.63. The Labute approximate surface area is 129 Å². The summed E-state index contributed by atoms with van der Waals surface area (Å²) in [7, 11) is 1.85. The van der Waals surface area contributed by atoms with Gasteiger partial charge in [-0.05, 0) is 30.4 Å². The molecule has 1 heterocycles. The summed E-state index contributed by atoms with van der Waals surface area (Å²) in [6.07, 6.45) is 5.48. The Morgan fingerprint density at radius 3 is 2.43 bits per heavy atom. The lowest BCUT2D eigenvalue weighted by molar-refractivity contribution is 0.142. The van der Waals surface area contributed by atoms with E-state index >= 15 is 0 Å². The zero-order valence-corrected chi connectivity index (χ0v) is 13.6. The lowest BCUT2D eigenvalue weighted by Gasteiger charge is -2.26. The molecular formula is C19H29NO. The summed E-state index contributed by atoms with van der Waals surface area (Å²) < 4.78 is 5.59. The zero-order valence-electron chi connectivity index (χ0n) is 13.6. The number of nitrogens with zero attached hydrogens (tertiary/aromatic N) is 1. The highest BCUT2D eigenvalue weighted by Crippen LogP contribution is 2.63. The van der Waals surface area contributed by atoms with Crippen molar-refractivity contribution in [3.8, 4) is 0 Å². The largest absolute Gasteiger partial charge is 0.384 e. The van der Waals surface area contributed by atoms with Crippen LogP contribution in [0, 0.1) is 11.8 Å². The van der Waals surface area contributed by atoms with Crippen LogP contribution in [0.25, 0.3) is 0 Å². The van der Waals surface area contributed by atoms with Gasteiger partial charge >= 0.3 is 0 Å². The molecule has 2 atom stereocenters. The minimum atomic E-state index is 0.315. The van der Waals surface area contributed by atoms with E-state index in [2.05, 4.69) is 42.2 Å². The first kappa shape index (κ1) is 15.1. The minimum Gasteiger partial charge on any atom is -0.384 e. The Hall–Kier alpha value is -0.860. The molecule has 2 unspecified atom stereocenters. The van der Waals surface area contributed by atoms with E-state index in [1.54, 1.807) is 0 Å². The number of likely N-dealkylation sites (tertiary alicyclic amines) is 1. The molecule has 1 aliphatic carbocycles. The number of rotatable bonds is 8. The van der Waals surface area contributed by atoms with Crippen molar-refractivity contribution in [1.29, 1.82) is 0 Å². The summed E-state index contributed by atoms with van der Waals surface area (Å²) in [6.45, 7) is 7.01. The van der Waals surface area contributed by atoms with Crippen LogP contribution in [-0.2, 0) is 10.2 Å². The molecule has 0 radical (unpaired) electrons. The summed E-state index contributed by atoms with van der Waals surface area (Å²) in [5, 5.41) is 0. The molecule has 21 heavy (non-hydrogen) atoms. The van der Waals surface area contributed by atoms with Gasteiger partial charge in [0.2, 0.25) is 0 Å². The smallest absolute Gasteiger partial charge is 0.0565 e. The fourth-order valence-corrected chi connectivity index (χ4v) is 4.47. The lowest BCUT2D eigenvalue weighted by atomic mass is 9.91. The highest BCUT2D eigenvalue weighted by Gasteiger charge is 2.68. The highest BCUT2D eigenvalue weighted by molar-refractivity contribution is 5.39. The van der Waals surface area contributed by atoms with E-state index in [0.717, 1.165) is 18.4 Å². The van der Waals surface area contributed by atoms with Gasteiger partial charge in [-0.25, -0.2) is 0 Å². The topological polar surface area (TPSA) is 12.5 Å². The van der Waals surface area contributed by atoms with Crippen LogP contribution >= 0.6 is 0 Å². The van der Waals surface area contributed by atoms with Gasteiger partial charge in [0, 0.05) is 25.6 Å². The zero-order chi connectivity index (χ0) is 14.7. The Balaban J connectivity index is 1.57. The summed E-state index contributed by atoms with van der Waals surface area (Å²) in [5.74, 6) is 1.62. The van der Waals surface area contributed by atoms with E-state index in [1.165, 1.54) is 50.9 Å². The first-order chi connectivity index (χ1) is 10.3. The summed E-state index contributed by atoms with van der Waals surface area (Å²) >= 11 is 0. The maximum absolute atomic E-state index is 5.59. The average Bonchev–Trinajstić information content (AvgIpc) is 2.91. The Kier molecular flexibility index (Phi) is 4.66. The first-order valence-electron chi connectivity index (χ1n) is 8.59. The van der Waals surface area contributed by atoms with Crippen molar-refractivity contribution in [3.63, 3.8) is 0 Å². The molecular weight excluding hydrogens is 258 g/mol. The predicted molar refractivity (Wildman–Crippen MR) is 87.6 cm³/mol. The van der Waals surface area contributed by atoms with Crippen molar-refractivity contribution >= 4 is 0 Å².